The van der Waals surface area contributed by atoms with Crippen LogP contribution < -0.4 is 11.1 Å². The highest BCUT2D eigenvalue weighted by Crippen LogP contribution is 2.18. The first kappa shape index (κ1) is 20.4. The lowest BCUT2D eigenvalue weighted by Crippen LogP contribution is -2.37. The highest BCUT2D eigenvalue weighted by Gasteiger charge is 2.21. The maximum atomic E-state index is 13.1. The number of carbonyl (C=O) groups excluding carboxylic acids is 3. The summed E-state index contributed by atoms with van der Waals surface area (Å²) in [4.78, 5) is 37.7. The molecule has 148 valence electrons. The Hall–Kier alpha value is -3.32. The number of benzene rings is 2. The van der Waals surface area contributed by atoms with Gasteiger partial charge in [0.05, 0.1) is 16.4 Å². The lowest BCUT2D eigenvalue weighted by Gasteiger charge is -2.15. The molecule has 0 saturated heterocycles. The van der Waals surface area contributed by atoms with Gasteiger partial charge in [-0.3, -0.25) is 14.4 Å². The molecule has 0 radical (unpaired) electrons. The number of thiophene rings is 1. The van der Waals surface area contributed by atoms with E-state index in [9.17, 15) is 18.8 Å². The lowest BCUT2D eigenvalue weighted by molar-refractivity contribution is -0.121. The van der Waals surface area contributed by atoms with Gasteiger partial charge >= 0.3 is 0 Å². The van der Waals surface area contributed by atoms with E-state index in [4.69, 9.17) is 5.73 Å². The highest BCUT2D eigenvalue weighted by molar-refractivity contribution is 7.12. The molecule has 7 heteroatoms. The maximum Gasteiger partial charge on any atom is 0.252 e. The van der Waals surface area contributed by atoms with Crippen LogP contribution in [0.1, 0.15) is 31.2 Å². The second-order valence-corrected chi connectivity index (χ2v) is 7.44. The molecular weight excluding hydrogens is 391 g/mol. The number of amides is 2. The number of nitrogens with one attached hydrogen (secondary N) is 1. The van der Waals surface area contributed by atoms with Gasteiger partial charge in [0.15, 0.2) is 0 Å². The van der Waals surface area contributed by atoms with Crippen LogP contribution in [0.3, 0.4) is 0 Å². The topological polar surface area (TPSA) is 89.3 Å². The molecule has 0 saturated carbocycles. The quantitative estimate of drug-likeness (QED) is 0.559. The molecule has 0 aliphatic carbocycles. The summed E-state index contributed by atoms with van der Waals surface area (Å²) in [6, 6.07) is 15.8. The molecule has 2 aromatic carbocycles. The fourth-order valence-electron chi connectivity index (χ4n) is 2.91. The number of primary amides is 1. The Morgan fingerprint density at radius 3 is 2.28 bits per heavy atom. The summed E-state index contributed by atoms with van der Waals surface area (Å²) < 4.78 is 13.1. The third-order valence-corrected chi connectivity index (χ3v) is 5.34. The first-order chi connectivity index (χ1) is 14.0. The minimum absolute atomic E-state index is 0.00701. The van der Waals surface area contributed by atoms with Gasteiger partial charge in [-0.25, -0.2) is 4.39 Å². The minimum Gasteiger partial charge on any atom is -0.369 e. The average molecular weight is 410 g/mol. The molecule has 0 bridgehead atoms. The molecule has 3 N–H and O–H groups in total. The van der Waals surface area contributed by atoms with Crippen molar-refractivity contribution in [2.75, 3.05) is 6.54 Å². The summed E-state index contributed by atoms with van der Waals surface area (Å²) in [5.41, 5.74) is 6.72. The van der Waals surface area contributed by atoms with Crippen LogP contribution in [-0.2, 0) is 11.2 Å². The molecular formula is C22H19FN2O3S. The molecule has 1 heterocycles. The number of hydrogen-bond acceptors (Lipinski definition) is 4. The van der Waals surface area contributed by atoms with E-state index in [0.717, 1.165) is 5.56 Å². The van der Waals surface area contributed by atoms with Crippen LogP contribution in [0, 0.1) is 11.7 Å². The molecule has 2 amide bonds. The van der Waals surface area contributed by atoms with Crippen LogP contribution in [0.15, 0.2) is 66.0 Å². The van der Waals surface area contributed by atoms with Gasteiger partial charge in [-0.1, -0.05) is 36.4 Å². The largest absolute Gasteiger partial charge is 0.369 e. The van der Waals surface area contributed by atoms with Crippen LogP contribution in [0.25, 0.3) is 0 Å². The molecule has 1 atom stereocenters. The number of ketones is 1. The van der Waals surface area contributed by atoms with Crippen molar-refractivity contribution in [3.8, 4) is 0 Å². The van der Waals surface area contributed by atoms with Gasteiger partial charge < -0.3 is 11.1 Å². The Labute approximate surface area is 171 Å². The molecule has 29 heavy (non-hydrogen) atoms. The third kappa shape index (κ3) is 5.14. The van der Waals surface area contributed by atoms with Crippen LogP contribution in [0.2, 0.25) is 0 Å². The number of rotatable bonds is 8. The number of nitrogens with two attached hydrogens (primary N) is 1. The maximum absolute atomic E-state index is 13.1. The SMILES string of the molecule is NC(=O)C(CNC(=O)c1ccccc1C(=O)c1cccs1)Cc1ccc(F)cc1. The number of carbonyl (C=O) groups is 3. The monoisotopic (exact) mass is 410 g/mol. The molecule has 1 aromatic heterocycles. The van der Waals surface area contributed by atoms with Gasteiger partial charge in [-0.2, -0.15) is 0 Å². The van der Waals surface area contributed by atoms with Gasteiger partial charge in [0.2, 0.25) is 11.7 Å². The number of halogens is 1. The molecule has 0 aliphatic heterocycles. The van der Waals surface area contributed by atoms with E-state index in [1.165, 1.54) is 23.5 Å². The standard InChI is InChI=1S/C22H19FN2O3S/c23-16-9-7-14(8-10-16)12-15(21(24)27)13-25-22(28)18-5-2-1-4-17(18)20(26)19-6-3-11-29-19/h1-11,15H,12-13H2,(H2,24,27)(H,25,28). The Bertz CT molecular complexity index is 1020. The van der Waals surface area contributed by atoms with E-state index in [1.807, 2.05) is 0 Å². The fourth-order valence-corrected chi connectivity index (χ4v) is 3.59. The van der Waals surface area contributed by atoms with E-state index in [0.29, 0.717) is 10.4 Å². The Morgan fingerprint density at radius 2 is 1.66 bits per heavy atom. The number of hydrogen-bond donors (Lipinski definition) is 2. The van der Waals surface area contributed by atoms with Crippen molar-refractivity contribution < 1.29 is 18.8 Å². The van der Waals surface area contributed by atoms with Gasteiger partial charge in [-0.05, 0) is 41.6 Å². The Morgan fingerprint density at radius 1 is 0.966 bits per heavy atom. The predicted octanol–water partition coefficient (Wildman–Crippen LogP) is 3.19. The van der Waals surface area contributed by atoms with Crippen LogP contribution in [0.5, 0.6) is 0 Å². The first-order valence-electron chi connectivity index (χ1n) is 8.95. The van der Waals surface area contributed by atoms with Crippen LogP contribution in [0.4, 0.5) is 4.39 Å². The van der Waals surface area contributed by atoms with Crippen LogP contribution >= 0.6 is 11.3 Å². The summed E-state index contributed by atoms with van der Waals surface area (Å²) in [6.45, 7) is 0.00701. The lowest BCUT2D eigenvalue weighted by atomic mass is 9.98. The van der Waals surface area contributed by atoms with Crippen molar-refractivity contribution in [2.45, 2.75) is 6.42 Å². The summed E-state index contributed by atoms with van der Waals surface area (Å²) in [5, 5.41) is 4.48. The van der Waals surface area contributed by atoms with Crippen molar-refractivity contribution in [1.82, 2.24) is 5.32 Å². The Balaban J connectivity index is 1.71. The molecule has 1 unspecified atom stereocenters. The average Bonchev–Trinajstić information content (AvgIpc) is 3.26. The zero-order valence-corrected chi connectivity index (χ0v) is 16.2. The molecule has 0 aliphatic rings. The molecule has 0 spiro atoms. The summed E-state index contributed by atoms with van der Waals surface area (Å²) in [7, 11) is 0. The van der Waals surface area contributed by atoms with Crippen molar-refractivity contribution in [3.63, 3.8) is 0 Å². The van der Waals surface area contributed by atoms with E-state index in [-0.39, 0.29) is 30.1 Å². The fraction of sp³-hybridized carbons (Fsp3) is 0.136. The highest BCUT2D eigenvalue weighted by atomic mass is 32.1. The summed E-state index contributed by atoms with van der Waals surface area (Å²) in [6.07, 6.45) is 0.270. The smallest absolute Gasteiger partial charge is 0.252 e. The van der Waals surface area contributed by atoms with E-state index in [1.54, 1.807) is 53.9 Å². The van der Waals surface area contributed by atoms with Crippen molar-refractivity contribution in [1.29, 1.82) is 0 Å². The second kappa shape index (κ2) is 9.25. The predicted molar refractivity (Wildman–Crippen MR) is 109 cm³/mol. The van der Waals surface area contributed by atoms with E-state index >= 15 is 0 Å². The molecule has 3 aromatic rings. The molecule has 5 nitrogen and oxygen atoms in total. The van der Waals surface area contributed by atoms with Crippen LogP contribution in [-0.4, -0.2) is 24.1 Å². The van der Waals surface area contributed by atoms with E-state index < -0.39 is 17.7 Å². The van der Waals surface area contributed by atoms with Gasteiger partial charge in [-0.15, -0.1) is 11.3 Å². The molecule has 3 rings (SSSR count). The van der Waals surface area contributed by atoms with Crippen molar-refractivity contribution >= 4 is 28.9 Å². The second-order valence-electron chi connectivity index (χ2n) is 6.49. The zero-order chi connectivity index (χ0) is 20.8. The van der Waals surface area contributed by atoms with E-state index in [2.05, 4.69) is 5.32 Å². The normalized spacial score (nSPS) is 11.6. The zero-order valence-electron chi connectivity index (χ0n) is 15.4. The van der Waals surface area contributed by atoms with Crippen molar-refractivity contribution in [3.05, 3.63) is 93.4 Å². The first-order valence-corrected chi connectivity index (χ1v) is 9.83. The Kier molecular flexibility index (Phi) is 6.51. The van der Waals surface area contributed by atoms with Crippen molar-refractivity contribution in [2.24, 2.45) is 11.7 Å². The molecule has 0 fully saturated rings. The van der Waals surface area contributed by atoms with Gasteiger partial charge in [0.1, 0.15) is 5.82 Å². The minimum atomic E-state index is -0.662. The summed E-state index contributed by atoms with van der Waals surface area (Å²) in [5.74, 6) is -2.30. The van der Waals surface area contributed by atoms with Gasteiger partial charge in [0.25, 0.3) is 5.91 Å². The third-order valence-electron chi connectivity index (χ3n) is 4.47. The summed E-state index contributed by atoms with van der Waals surface area (Å²) >= 11 is 1.30. The van der Waals surface area contributed by atoms with Gasteiger partial charge in [0, 0.05) is 12.1 Å².